The van der Waals surface area contributed by atoms with Crippen molar-refractivity contribution >= 4 is 23.6 Å². The lowest BCUT2D eigenvalue weighted by atomic mass is 10.1. The molecule has 28 heavy (non-hydrogen) atoms. The molecule has 0 amide bonds. The van der Waals surface area contributed by atoms with Crippen LogP contribution >= 0.6 is 0 Å². The summed E-state index contributed by atoms with van der Waals surface area (Å²) in [6.45, 7) is 1.19. The average Bonchev–Trinajstić information content (AvgIpc) is 3.09. The molecule has 0 fully saturated rings. The number of carbonyl (C=O) groups is 2. The van der Waals surface area contributed by atoms with E-state index in [1.165, 1.54) is 6.20 Å². The minimum atomic E-state index is -0.392. The predicted molar refractivity (Wildman–Crippen MR) is 108 cm³/mol. The molecule has 2 rings (SSSR count). The van der Waals surface area contributed by atoms with E-state index in [9.17, 15) is 14.7 Å². The second-order valence-corrected chi connectivity index (χ2v) is 6.84. The summed E-state index contributed by atoms with van der Waals surface area (Å²) in [6, 6.07) is 2.70. The number of aromatic hydroxyl groups is 1. The standard InChI is InChI=1S/C19H30N6O3/c20-8-3-1-5-15(13-26)22-24-10-7-18-19(24)11-17(28)12-25(18)23-16(14-27)6-2-4-9-21/h7,10-16,22-23H,1-6,8-9,20-21H2/p+1/t15-,16-/m0/s1. The third-order valence-corrected chi connectivity index (χ3v) is 4.59. The monoisotopic (exact) mass is 391 g/mol. The number of nitrogens with one attached hydrogen (secondary N) is 2. The summed E-state index contributed by atoms with van der Waals surface area (Å²) in [6.07, 6.45) is 9.75. The van der Waals surface area contributed by atoms with Gasteiger partial charge >= 0.3 is 0 Å². The van der Waals surface area contributed by atoms with Gasteiger partial charge in [0.2, 0.25) is 6.20 Å². The van der Waals surface area contributed by atoms with Crippen LogP contribution in [0.3, 0.4) is 0 Å². The largest absolute Gasteiger partial charge is 0.503 e. The Morgan fingerprint density at radius 2 is 1.71 bits per heavy atom. The van der Waals surface area contributed by atoms with Crippen LogP contribution in [0.15, 0.2) is 24.5 Å². The molecule has 0 unspecified atom stereocenters. The van der Waals surface area contributed by atoms with E-state index >= 15 is 0 Å². The molecule has 0 saturated heterocycles. The Morgan fingerprint density at radius 3 is 2.32 bits per heavy atom. The quantitative estimate of drug-likeness (QED) is 0.175. The highest BCUT2D eigenvalue weighted by atomic mass is 16.3. The van der Waals surface area contributed by atoms with E-state index < -0.39 is 6.04 Å². The molecule has 0 spiro atoms. The SMILES string of the molecule is NCCCC[C@@H](C=O)Nn1ccc2c1cc(O)c[n+]2N[C@H](C=O)CCCCN. The molecule has 9 heteroatoms. The van der Waals surface area contributed by atoms with Crippen molar-refractivity contribution in [2.75, 3.05) is 23.9 Å². The number of fused-ring (bicyclic) bond motifs is 1. The first kappa shape index (κ1) is 21.6. The fourth-order valence-corrected chi connectivity index (χ4v) is 3.08. The smallest absolute Gasteiger partial charge is 0.262 e. The first-order chi connectivity index (χ1) is 13.6. The molecular formula is C19H31N6O3+. The first-order valence-electron chi connectivity index (χ1n) is 9.72. The van der Waals surface area contributed by atoms with Gasteiger partial charge in [-0.25, -0.2) is 0 Å². The zero-order valence-electron chi connectivity index (χ0n) is 16.1. The number of hydrogen-bond acceptors (Lipinski definition) is 7. The molecule has 0 aromatic carbocycles. The lowest BCUT2D eigenvalue weighted by Gasteiger charge is -2.15. The summed E-state index contributed by atoms with van der Waals surface area (Å²) < 4.78 is 3.34. The van der Waals surface area contributed by atoms with E-state index in [1.54, 1.807) is 21.6 Å². The normalized spacial score (nSPS) is 13.2. The van der Waals surface area contributed by atoms with Crippen molar-refractivity contribution in [2.45, 2.75) is 50.6 Å². The minimum Gasteiger partial charge on any atom is -0.503 e. The molecule has 7 N–H and O–H groups in total. The van der Waals surface area contributed by atoms with Crippen molar-refractivity contribution in [3.63, 3.8) is 0 Å². The zero-order chi connectivity index (χ0) is 20.4. The highest BCUT2D eigenvalue weighted by Gasteiger charge is 2.20. The first-order valence-corrected chi connectivity index (χ1v) is 9.72. The van der Waals surface area contributed by atoms with Crippen molar-refractivity contribution in [2.24, 2.45) is 11.5 Å². The molecular weight excluding hydrogens is 360 g/mol. The summed E-state index contributed by atoms with van der Waals surface area (Å²) in [4.78, 5) is 22.8. The van der Waals surface area contributed by atoms with Gasteiger partial charge in [-0.2, -0.15) is 5.43 Å². The fraction of sp³-hybridized carbons (Fsp3) is 0.526. The number of nitrogens with two attached hydrogens (primary N) is 2. The number of unbranched alkanes of at least 4 members (excludes halogenated alkanes) is 2. The van der Waals surface area contributed by atoms with E-state index in [1.807, 2.05) is 6.07 Å². The molecule has 154 valence electrons. The molecule has 0 saturated carbocycles. The van der Waals surface area contributed by atoms with Gasteiger partial charge in [-0.15, -0.1) is 0 Å². The van der Waals surface area contributed by atoms with Crippen molar-refractivity contribution < 1.29 is 19.4 Å². The van der Waals surface area contributed by atoms with E-state index in [2.05, 4.69) is 10.9 Å². The van der Waals surface area contributed by atoms with Gasteiger partial charge in [0, 0.05) is 18.3 Å². The summed E-state index contributed by atoms with van der Waals surface area (Å²) >= 11 is 0. The van der Waals surface area contributed by atoms with Gasteiger partial charge in [0.25, 0.3) is 5.52 Å². The zero-order valence-corrected chi connectivity index (χ0v) is 16.1. The topological polar surface area (TPSA) is 139 Å². The summed E-state index contributed by atoms with van der Waals surface area (Å²) in [5.41, 5.74) is 18.7. The van der Waals surface area contributed by atoms with Crippen LogP contribution in [0.25, 0.3) is 11.0 Å². The maximum absolute atomic E-state index is 11.4. The van der Waals surface area contributed by atoms with Gasteiger partial charge in [-0.3, -0.25) is 4.68 Å². The third kappa shape index (κ3) is 5.93. The summed E-state index contributed by atoms with van der Waals surface area (Å²) in [5, 5.41) is 10.1. The number of aromatic nitrogens is 2. The Bertz CT molecular complexity index is 763. The van der Waals surface area contributed by atoms with Gasteiger partial charge in [0.15, 0.2) is 5.75 Å². The molecule has 0 aliphatic heterocycles. The highest BCUT2D eigenvalue weighted by molar-refractivity contribution is 5.75. The van der Waals surface area contributed by atoms with Crippen LogP contribution in [-0.2, 0) is 9.59 Å². The molecule has 2 aromatic rings. The molecule has 0 aliphatic rings. The van der Waals surface area contributed by atoms with Crippen molar-refractivity contribution in [1.82, 2.24) is 4.68 Å². The van der Waals surface area contributed by atoms with E-state index in [-0.39, 0.29) is 11.8 Å². The summed E-state index contributed by atoms with van der Waals surface area (Å²) in [5.74, 6) is 0.0409. The third-order valence-electron chi connectivity index (χ3n) is 4.59. The maximum atomic E-state index is 11.4. The maximum Gasteiger partial charge on any atom is 0.262 e. The Kier molecular flexibility index (Phi) is 8.70. The average molecular weight is 391 g/mol. The molecule has 0 bridgehead atoms. The van der Waals surface area contributed by atoms with Crippen LogP contribution in [-0.4, -0.2) is 47.5 Å². The van der Waals surface area contributed by atoms with Crippen LogP contribution < -0.4 is 27.0 Å². The van der Waals surface area contributed by atoms with Crippen LogP contribution in [0.2, 0.25) is 0 Å². The van der Waals surface area contributed by atoms with E-state index in [4.69, 9.17) is 11.5 Å². The van der Waals surface area contributed by atoms with E-state index in [0.29, 0.717) is 31.4 Å². The predicted octanol–water partition coefficient (Wildman–Crippen LogP) is 0.114. The van der Waals surface area contributed by atoms with Gasteiger partial charge in [-0.05, 0) is 51.6 Å². The molecule has 0 radical (unpaired) electrons. The van der Waals surface area contributed by atoms with Gasteiger partial charge in [-0.1, -0.05) is 4.68 Å². The Morgan fingerprint density at radius 1 is 1.07 bits per heavy atom. The number of hydrogen-bond donors (Lipinski definition) is 5. The molecule has 2 aromatic heterocycles. The highest BCUT2D eigenvalue weighted by Crippen LogP contribution is 2.17. The van der Waals surface area contributed by atoms with Gasteiger partial charge in [0.05, 0.1) is 6.04 Å². The number of carbonyl (C=O) groups excluding carboxylic acids is 2. The molecule has 2 heterocycles. The lowest BCUT2D eigenvalue weighted by molar-refractivity contribution is -0.625. The van der Waals surface area contributed by atoms with Gasteiger partial charge in [0.1, 0.15) is 24.1 Å². The number of rotatable bonds is 14. The van der Waals surface area contributed by atoms with Crippen LogP contribution in [0, 0.1) is 0 Å². The lowest BCUT2D eigenvalue weighted by Crippen LogP contribution is -2.51. The van der Waals surface area contributed by atoms with Crippen LogP contribution in [0.1, 0.15) is 38.5 Å². The molecule has 9 nitrogen and oxygen atoms in total. The van der Waals surface area contributed by atoms with Crippen molar-refractivity contribution in [3.05, 3.63) is 24.5 Å². The van der Waals surface area contributed by atoms with Crippen molar-refractivity contribution in [1.29, 1.82) is 0 Å². The molecule has 2 atom stereocenters. The van der Waals surface area contributed by atoms with Crippen LogP contribution in [0.5, 0.6) is 5.75 Å². The second kappa shape index (κ2) is 11.3. The number of pyridine rings is 1. The Labute approximate surface area is 164 Å². The minimum absolute atomic E-state index is 0.0409. The Hall–Kier alpha value is -2.65. The van der Waals surface area contributed by atoms with Gasteiger partial charge < -0.3 is 31.6 Å². The Balaban J connectivity index is 2.18. The van der Waals surface area contributed by atoms with Crippen LogP contribution in [0.4, 0.5) is 0 Å². The fourth-order valence-electron chi connectivity index (χ4n) is 3.08. The number of aldehydes is 2. The summed E-state index contributed by atoms with van der Waals surface area (Å²) in [7, 11) is 0. The van der Waals surface area contributed by atoms with Crippen molar-refractivity contribution in [3.8, 4) is 5.75 Å². The number of nitrogens with zero attached hydrogens (tertiary/aromatic N) is 2. The molecule has 0 aliphatic carbocycles. The van der Waals surface area contributed by atoms with E-state index in [0.717, 1.165) is 43.8 Å². The second-order valence-electron chi connectivity index (χ2n) is 6.84.